The third kappa shape index (κ3) is 5.34. The Morgan fingerprint density at radius 1 is 1.41 bits per heavy atom. The zero-order valence-electron chi connectivity index (χ0n) is 11.1. The van der Waals surface area contributed by atoms with E-state index in [9.17, 15) is 5.11 Å². The van der Waals surface area contributed by atoms with Crippen molar-refractivity contribution in [2.75, 3.05) is 26.9 Å². The third-order valence-corrected chi connectivity index (χ3v) is 3.61. The first-order valence-corrected chi connectivity index (χ1v) is 6.64. The zero-order chi connectivity index (χ0) is 12.7. The molecule has 0 bridgehead atoms. The van der Waals surface area contributed by atoms with Crippen LogP contribution < -0.4 is 5.73 Å². The van der Waals surface area contributed by atoms with E-state index in [1.165, 1.54) is 25.7 Å². The number of methoxy groups -OCH3 is 1. The summed E-state index contributed by atoms with van der Waals surface area (Å²) < 4.78 is 10.7. The van der Waals surface area contributed by atoms with Crippen LogP contribution in [0.15, 0.2) is 0 Å². The van der Waals surface area contributed by atoms with E-state index in [1.54, 1.807) is 7.11 Å². The van der Waals surface area contributed by atoms with Crippen LogP contribution in [0.5, 0.6) is 0 Å². The van der Waals surface area contributed by atoms with Crippen molar-refractivity contribution >= 4 is 0 Å². The largest absolute Gasteiger partial charge is 0.394 e. The molecule has 17 heavy (non-hydrogen) atoms. The first-order valence-electron chi connectivity index (χ1n) is 6.64. The van der Waals surface area contributed by atoms with E-state index < -0.39 is 0 Å². The molecule has 4 heteroatoms. The van der Waals surface area contributed by atoms with Crippen molar-refractivity contribution in [1.29, 1.82) is 0 Å². The van der Waals surface area contributed by atoms with Gasteiger partial charge in [0.15, 0.2) is 0 Å². The number of hydrogen-bond acceptors (Lipinski definition) is 4. The van der Waals surface area contributed by atoms with Crippen molar-refractivity contribution in [3.05, 3.63) is 0 Å². The minimum atomic E-state index is -0.299. The van der Waals surface area contributed by atoms with Gasteiger partial charge in [-0.1, -0.05) is 19.8 Å². The molecular weight excluding hydrogens is 218 g/mol. The Bertz CT molecular complexity index is 201. The van der Waals surface area contributed by atoms with Gasteiger partial charge in [-0.15, -0.1) is 0 Å². The molecule has 0 aliphatic heterocycles. The summed E-state index contributed by atoms with van der Waals surface area (Å²) in [4.78, 5) is 0. The van der Waals surface area contributed by atoms with Gasteiger partial charge in [-0.25, -0.2) is 0 Å². The maximum Gasteiger partial charge on any atom is 0.0978 e. The second-order valence-electron chi connectivity index (χ2n) is 5.31. The first kappa shape index (κ1) is 14.9. The van der Waals surface area contributed by atoms with Gasteiger partial charge in [0.05, 0.1) is 25.4 Å². The lowest BCUT2D eigenvalue weighted by molar-refractivity contribution is -0.0379. The van der Waals surface area contributed by atoms with E-state index in [0.29, 0.717) is 19.1 Å². The van der Waals surface area contributed by atoms with Gasteiger partial charge in [0, 0.05) is 13.7 Å². The molecule has 0 aromatic carbocycles. The smallest absolute Gasteiger partial charge is 0.0978 e. The summed E-state index contributed by atoms with van der Waals surface area (Å²) in [6.07, 6.45) is 4.80. The molecule has 0 amide bonds. The van der Waals surface area contributed by atoms with Crippen LogP contribution in [0.3, 0.4) is 0 Å². The fraction of sp³-hybridized carbons (Fsp3) is 1.00. The minimum absolute atomic E-state index is 0.0349. The molecule has 1 aliphatic carbocycles. The molecule has 1 aliphatic rings. The molecule has 0 spiro atoms. The number of aliphatic hydroxyl groups is 1. The molecule has 0 radical (unpaired) electrons. The predicted molar refractivity (Wildman–Crippen MR) is 67.8 cm³/mol. The number of nitrogens with two attached hydrogens (primary N) is 1. The van der Waals surface area contributed by atoms with Crippen LogP contribution in [-0.2, 0) is 9.47 Å². The van der Waals surface area contributed by atoms with Crippen LogP contribution in [0, 0.1) is 11.8 Å². The van der Waals surface area contributed by atoms with Crippen LogP contribution in [0.1, 0.15) is 32.6 Å². The van der Waals surface area contributed by atoms with Gasteiger partial charge >= 0.3 is 0 Å². The number of hydrogen-bond donors (Lipinski definition) is 2. The normalized spacial score (nSPS) is 28.9. The van der Waals surface area contributed by atoms with Gasteiger partial charge in [0.25, 0.3) is 0 Å². The SMILES string of the molecule is COCC(N)C(CO)OCC1CCCC(C)C1. The molecule has 1 fully saturated rings. The Morgan fingerprint density at radius 2 is 2.18 bits per heavy atom. The van der Waals surface area contributed by atoms with Gasteiger partial charge in [-0.05, 0) is 24.7 Å². The number of aliphatic hydroxyl groups excluding tert-OH is 1. The van der Waals surface area contributed by atoms with Crippen molar-refractivity contribution in [3.8, 4) is 0 Å². The predicted octanol–water partition coefficient (Wildman–Crippen LogP) is 1.16. The standard InChI is InChI=1S/C13H27NO3/c1-10-4-3-5-11(6-10)8-17-13(7-15)12(14)9-16-2/h10-13,15H,3-9,14H2,1-2H3. The van der Waals surface area contributed by atoms with Crippen molar-refractivity contribution in [1.82, 2.24) is 0 Å². The molecule has 1 rings (SSSR count). The highest BCUT2D eigenvalue weighted by Crippen LogP contribution is 2.28. The molecule has 0 heterocycles. The minimum Gasteiger partial charge on any atom is -0.394 e. The Hall–Kier alpha value is -0.160. The summed E-state index contributed by atoms with van der Waals surface area (Å²) in [7, 11) is 1.61. The molecule has 0 saturated heterocycles. The Morgan fingerprint density at radius 3 is 2.76 bits per heavy atom. The van der Waals surface area contributed by atoms with Gasteiger partial charge in [-0.2, -0.15) is 0 Å². The van der Waals surface area contributed by atoms with Gasteiger partial charge in [0.2, 0.25) is 0 Å². The fourth-order valence-electron chi connectivity index (χ4n) is 2.58. The van der Waals surface area contributed by atoms with Crippen molar-refractivity contribution in [3.63, 3.8) is 0 Å². The highest BCUT2D eigenvalue weighted by Gasteiger charge is 2.22. The van der Waals surface area contributed by atoms with Crippen LogP contribution in [0.4, 0.5) is 0 Å². The summed E-state index contributed by atoms with van der Waals surface area (Å²) in [6.45, 7) is 3.40. The number of ether oxygens (including phenoxy) is 2. The first-order chi connectivity index (χ1) is 8.17. The summed E-state index contributed by atoms with van der Waals surface area (Å²) in [5, 5.41) is 9.24. The van der Waals surface area contributed by atoms with Crippen LogP contribution in [0.2, 0.25) is 0 Å². The van der Waals surface area contributed by atoms with Crippen molar-refractivity contribution < 1.29 is 14.6 Å². The summed E-state index contributed by atoms with van der Waals surface area (Å²) in [6, 6.07) is -0.244. The second kappa shape index (κ2) is 8.03. The van der Waals surface area contributed by atoms with Crippen LogP contribution in [-0.4, -0.2) is 44.2 Å². The Balaban J connectivity index is 2.26. The third-order valence-electron chi connectivity index (χ3n) is 3.61. The van der Waals surface area contributed by atoms with Crippen molar-refractivity contribution in [2.24, 2.45) is 17.6 Å². The highest BCUT2D eigenvalue weighted by atomic mass is 16.5. The topological polar surface area (TPSA) is 64.7 Å². The molecule has 4 atom stereocenters. The average molecular weight is 245 g/mol. The van der Waals surface area contributed by atoms with E-state index in [-0.39, 0.29) is 18.8 Å². The Kier molecular flexibility index (Phi) is 7.04. The quantitative estimate of drug-likeness (QED) is 0.706. The maximum atomic E-state index is 9.24. The average Bonchev–Trinajstić information content (AvgIpc) is 2.30. The highest BCUT2D eigenvalue weighted by molar-refractivity contribution is 4.75. The molecule has 4 nitrogen and oxygen atoms in total. The summed E-state index contributed by atoms with van der Waals surface area (Å²) in [5.41, 5.74) is 5.87. The van der Waals surface area contributed by atoms with E-state index >= 15 is 0 Å². The summed E-state index contributed by atoms with van der Waals surface area (Å²) in [5.74, 6) is 1.43. The van der Waals surface area contributed by atoms with E-state index in [4.69, 9.17) is 15.2 Å². The molecular formula is C13H27NO3. The molecule has 3 N–H and O–H groups in total. The molecule has 0 aromatic rings. The van der Waals surface area contributed by atoms with Gasteiger partial charge < -0.3 is 20.3 Å². The lowest BCUT2D eigenvalue weighted by Crippen LogP contribution is -2.43. The lowest BCUT2D eigenvalue weighted by Gasteiger charge is -2.29. The van der Waals surface area contributed by atoms with Gasteiger partial charge in [0.1, 0.15) is 0 Å². The van der Waals surface area contributed by atoms with Crippen molar-refractivity contribution in [2.45, 2.75) is 44.8 Å². The zero-order valence-corrected chi connectivity index (χ0v) is 11.1. The Labute approximate surface area is 104 Å². The van der Waals surface area contributed by atoms with Gasteiger partial charge in [-0.3, -0.25) is 0 Å². The second-order valence-corrected chi connectivity index (χ2v) is 5.31. The number of rotatable bonds is 7. The van der Waals surface area contributed by atoms with E-state index in [2.05, 4.69) is 6.92 Å². The lowest BCUT2D eigenvalue weighted by atomic mass is 9.83. The fourth-order valence-corrected chi connectivity index (χ4v) is 2.58. The molecule has 102 valence electrons. The molecule has 4 unspecified atom stereocenters. The van der Waals surface area contributed by atoms with Crippen LogP contribution in [0.25, 0.3) is 0 Å². The van der Waals surface area contributed by atoms with Crippen LogP contribution >= 0.6 is 0 Å². The molecule has 1 saturated carbocycles. The van der Waals surface area contributed by atoms with E-state index in [0.717, 1.165) is 5.92 Å². The summed E-state index contributed by atoms with van der Waals surface area (Å²) >= 11 is 0. The maximum absolute atomic E-state index is 9.24. The van der Waals surface area contributed by atoms with E-state index in [1.807, 2.05) is 0 Å². The monoisotopic (exact) mass is 245 g/mol. The molecule has 0 aromatic heterocycles.